The maximum atomic E-state index is 14.6. The summed E-state index contributed by atoms with van der Waals surface area (Å²) in [6.45, 7) is 2.28. The van der Waals surface area contributed by atoms with E-state index in [-0.39, 0.29) is 16.9 Å². The highest BCUT2D eigenvalue weighted by Crippen LogP contribution is 2.35. The van der Waals surface area contributed by atoms with Crippen molar-refractivity contribution in [2.24, 2.45) is 13.0 Å². The number of hydrogen-bond donors (Lipinski definition) is 0. The number of rotatable bonds is 7. The highest BCUT2D eigenvalue weighted by molar-refractivity contribution is 7.89. The Morgan fingerprint density at radius 1 is 1.21 bits per heavy atom. The lowest BCUT2D eigenvalue weighted by Crippen LogP contribution is -2.53. The summed E-state index contributed by atoms with van der Waals surface area (Å²) in [4.78, 5) is 20.3. The predicted octanol–water partition coefficient (Wildman–Crippen LogP) is 3.40. The van der Waals surface area contributed by atoms with Crippen molar-refractivity contribution in [3.05, 3.63) is 65.7 Å². The SMILES string of the molecule is COC(=O)N1CCC(CN(C2Cc3cc(C#N)ccc3N(Cc3cncn3C)C2)S(=O)(=O)c2cccc3nsnc23)CC1. The van der Waals surface area contributed by atoms with E-state index >= 15 is 0 Å². The van der Waals surface area contributed by atoms with E-state index < -0.39 is 16.1 Å². The van der Waals surface area contributed by atoms with Gasteiger partial charge < -0.3 is 19.1 Å². The van der Waals surface area contributed by atoms with E-state index in [1.165, 1.54) is 7.11 Å². The Hall–Kier alpha value is -4.06. The zero-order chi connectivity index (χ0) is 30.1. The Bertz CT molecular complexity index is 1790. The standard InChI is InChI=1S/C29H32N8O4S2/c1-34-19-31-15-24(34)18-36-17-23(13-22-12-21(14-30)6-7-26(22)36)37(16-20-8-10-35(11-9-20)29(38)41-2)43(39,40)27-5-3-4-25-28(27)33-42-32-25/h3-7,12,15,19-20,23H,8-11,13,16-18H2,1-2H3. The topological polar surface area (TPSA) is 138 Å². The predicted molar refractivity (Wildman–Crippen MR) is 161 cm³/mol. The molecule has 2 aliphatic rings. The van der Waals surface area contributed by atoms with Crippen molar-refractivity contribution in [3.63, 3.8) is 0 Å². The van der Waals surface area contributed by atoms with Gasteiger partial charge in [0.1, 0.15) is 15.9 Å². The second-order valence-corrected chi connectivity index (χ2v) is 13.4. The van der Waals surface area contributed by atoms with E-state index in [1.807, 2.05) is 29.9 Å². The lowest BCUT2D eigenvalue weighted by atomic mass is 9.93. The number of imidazole rings is 1. The van der Waals surface area contributed by atoms with Crippen molar-refractivity contribution in [1.82, 2.24) is 27.5 Å². The quantitative estimate of drug-likeness (QED) is 0.304. The first-order valence-electron chi connectivity index (χ1n) is 14.1. The number of benzene rings is 2. The lowest BCUT2D eigenvalue weighted by Gasteiger charge is -2.42. The number of piperidine rings is 1. The van der Waals surface area contributed by atoms with Gasteiger partial charge in [0.15, 0.2) is 0 Å². The molecule has 0 N–H and O–H groups in total. The summed E-state index contributed by atoms with van der Waals surface area (Å²) in [5, 5.41) is 9.65. The summed E-state index contributed by atoms with van der Waals surface area (Å²) in [5.74, 6) is 0.0424. The van der Waals surface area contributed by atoms with Crippen LogP contribution >= 0.6 is 11.7 Å². The van der Waals surface area contributed by atoms with E-state index in [9.17, 15) is 18.5 Å². The second kappa shape index (κ2) is 11.9. The number of carbonyl (C=O) groups excluding carboxylic acids is 1. The molecule has 4 aromatic rings. The number of methoxy groups -OCH3 is 1. The van der Waals surface area contributed by atoms with Gasteiger partial charge in [0.25, 0.3) is 0 Å². The molecule has 12 nitrogen and oxygen atoms in total. The van der Waals surface area contributed by atoms with Crippen molar-refractivity contribution < 1.29 is 17.9 Å². The van der Waals surface area contributed by atoms with Crippen LogP contribution in [0.2, 0.25) is 0 Å². The van der Waals surface area contributed by atoms with Crippen molar-refractivity contribution >= 4 is 44.6 Å². The fourth-order valence-corrected chi connectivity index (χ4v) is 8.56. The number of aromatic nitrogens is 4. The summed E-state index contributed by atoms with van der Waals surface area (Å²) >= 11 is 0.990. The van der Waals surface area contributed by atoms with Gasteiger partial charge in [0.2, 0.25) is 10.0 Å². The number of nitrogens with zero attached hydrogens (tertiary/aromatic N) is 8. The Morgan fingerprint density at radius 2 is 2.02 bits per heavy atom. The van der Waals surface area contributed by atoms with Gasteiger partial charge in [-0.05, 0) is 61.1 Å². The Labute approximate surface area is 254 Å². The lowest BCUT2D eigenvalue weighted by molar-refractivity contribution is 0.101. The van der Waals surface area contributed by atoms with Gasteiger partial charge in [-0.25, -0.2) is 18.2 Å². The Balaban J connectivity index is 1.39. The Morgan fingerprint density at radius 3 is 2.74 bits per heavy atom. The molecule has 1 atom stereocenters. The highest BCUT2D eigenvalue weighted by Gasteiger charge is 2.39. The third-order valence-electron chi connectivity index (χ3n) is 8.43. The zero-order valence-electron chi connectivity index (χ0n) is 24.0. The molecule has 2 aromatic carbocycles. The molecule has 0 saturated carbocycles. The van der Waals surface area contributed by atoms with Gasteiger partial charge >= 0.3 is 6.09 Å². The van der Waals surface area contributed by atoms with Crippen LogP contribution in [0, 0.1) is 17.2 Å². The number of amides is 1. The molecule has 14 heteroatoms. The molecule has 1 fully saturated rings. The molecule has 224 valence electrons. The fourth-order valence-electron chi connectivity index (χ4n) is 6.11. The van der Waals surface area contributed by atoms with Crippen LogP contribution in [0.15, 0.2) is 53.8 Å². The molecule has 4 heterocycles. The number of hydrogen-bond acceptors (Lipinski definition) is 10. The van der Waals surface area contributed by atoms with E-state index in [2.05, 4.69) is 24.7 Å². The number of likely N-dealkylation sites (tertiary alicyclic amines) is 1. The fraction of sp³-hybridized carbons (Fsp3) is 0.414. The number of carbonyl (C=O) groups is 1. The molecule has 0 radical (unpaired) electrons. The summed E-state index contributed by atoms with van der Waals surface area (Å²) < 4.78 is 46.4. The minimum absolute atomic E-state index is 0.0424. The first-order valence-corrected chi connectivity index (χ1v) is 16.2. The van der Waals surface area contributed by atoms with Gasteiger partial charge in [-0.1, -0.05) is 6.07 Å². The molecular formula is C29H32N8O4S2. The van der Waals surface area contributed by atoms with Crippen molar-refractivity contribution in [2.75, 3.05) is 38.2 Å². The molecular weight excluding hydrogens is 589 g/mol. The van der Waals surface area contributed by atoms with Crippen LogP contribution in [-0.2, 0) is 34.8 Å². The van der Waals surface area contributed by atoms with E-state index in [0.717, 1.165) is 28.7 Å². The number of aryl methyl sites for hydroxylation is 1. The van der Waals surface area contributed by atoms with Crippen LogP contribution < -0.4 is 4.90 Å². The summed E-state index contributed by atoms with van der Waals surface area (Å²) in [6, 6.07) is 12.5. The number of anilines is 1. The van der Waals surface area contributed by atoms with Gasteiger partial charge in [-0.2, -0.15) is 18.3 Å². The van der Waals surface area contributed by atoms with Crippen LogP contribution in [-0.4, -0.2) is 81.3 Å². The first kappa shape index (κ1) is 29.0. The number of nitriles is 1. The van der Waals surface area contributed by atoms with Crippen LogP contribution in [0.25, 0.3) is 11.0 Å². The molecule has 0 spiro atoms. The molecule has 0 bridgehead atoms. The van der Waals surface area contributed by atoms with Gasteiger partial charge in [-0.3, -0.25) is 0 Å². The van der Waals surface area contributed by atoms with Gasteiger partial charge in [0.05, 0.1) is 49.0 Å². The number of sulfonamides is 1. The molecule has 1 saturated heterocycles. The first-order chi connectivity index (χ1) is 20.8. The average molecular weight is 621 g/mol. The van der Waals surface area contributed by atoms with E-state index in [0.29, 0.717) is 68.6 Å². The largest absolute Gasteiger partial charge is 0.453 e. The molecule has 1 amide bonds. The molecule has 0 aliphatic carbocycles. The van der Waals surface area contributed by atoms with Crippen LogP contribution in [0.5, 0.6) is 0 Å². The summed E-state index contributed by atoms with van der Waals surface area (Å²) in [5.41, 5.74) is 4.33. The summed E-state index contributed by atoms with van der Waals surface area (Å²) in [6.07, 6.45) is 4.96. The monoisotopic (exact) mass is 620 g/mol. The highest BCUT2D eigenvalue weighted by atomic mass is 32.2. The Kier molecular flexibility index (Phi) is 8.04. The number of ether oxygens (including phenoxy) is 1. The van der Waals surface area contributed by atoms with Crippen molar-refractivity contribution in [2.45, 2.75) is 36.7 Å². The minimum atomic E-state index is -4.02. The third kappa shape index (κ3) is 5.67. The van der Waals surface area contributed by atoms with Crippen LogP contribution in [0.3, 0.4) is 0 Å². The van der Waals surface area contributed by atoms with Crippen molar-refractivity contribution in [3.8, 4) is 6.07 Å². The second-order valence-electron chi connectivity index (χ2n) is 11.1. The van der Waals surface area contributed by atoms with Crippen LogP contribution in [0.1, 0.15) is 29.7 Å². The number of fused-ring (bicyclic) bond motifs is 2. The maximum Gasteiger partial charge on any atom is 0.409 e. The summed E-state index contributed by atoms with van der Waals surface area (Å²) in [7, 11) is -0.718. The molecule has 2 aromatic heterocycles. The van der Waals surface area contributed by atoms with Gasteiger partial charge in [0, 0.05) is 51.2 Å². The van der Waals surface area contributed by atoms with E-state index in [4.69, 9.17) is 4.74 Å². The van der Waals surface area contributed by atoms with Gasteiger partial charge in [-0.15, -0.1) is 0 Å². The molecule has 1 unspecified atom stereocenters. The normalized spacial score (nSPS) is 17.7. The maximum absolute atomic E-state index is 14.6. The average Bonchev–Trinajstić information content (AvgIpc) is 3.67. The van der Waals surface area contributed by atoms with E-state index in [1.54, 1.807) is 39.8 Å². The van der Waals surface area contributed by atoms with Crippen LogP contribution in [0.4, 0.5) is 10.5 Å². The van der Waals surface area contributed by atoms with Crippen molar-refractivity contribution in [1.29, 1.82) is 5.26 Å². The molecule has 2 aliphatic heterocycles. The molecule has 43 heavy (non-hydrogen) atoms. The zero-order valence-corrected chi connectivity index (χ0v) is 25.6. The molecule has 6 rings (SSSR count). The minimum Gasteiger partial charge on any atom is -0.453 e. The smallest absolute Gasteiger partial charge is 0.409 e. The third-order valence-corrected chi connectivity index (χ3v) is 10.9.